The molecule has 1 atom stereocenters. The second kappa shape index (κ2) is 11.7. The minimum absolute atomic E-state index is 0. The van der Waals surface area contributed by atoms with Crippen molar-refractivity contribution in [3.05, 3.63) is 78.1 Å². The molecule has 0 bridgehead atoms. The Balaban J connectivity index is 0.00000289. The molecule has 0 spiro atoms. The standard InChI is InChI=1S/C24H28N6O.HI/c1-2-25-24(27-16-19-14-23(31)29-22-11-7-6-10-21(19)22)26-13-12-18-15-28-30(17-18)20-8-4-3-5-9-20;/h3-11,15,17,19H,2,12-14,16H2,1H3,(H,29,31)(H2,25,26,27);1H. The molecule has 3 aromatic rings. The fourth-order valence-corrected chi connectivity index (χ4v) is 3.74. The van der Waals surface area contributed by atoms with Crippen LogP contribution < -0.4 is 16.0 Å². The average Bonchev–Trinajstić information content (AvgIpc) is 3.27. The number of aromatic nitrogens is 2. The highest BCUT2D eigenvalue weighted by Crippen LogP contribution is 2.31. The van der Waals surface area contributed by atoms with Crippen molar-refractivity contribution in [2.24, 2.45) is 4.99 Å². The number of benzene rings is 2. The zero-order valence-corrected chi connectivity index (χ0v) is 20.5. The van der Waals surface area contributed by atoms with Gasteiger partial charge in [-0.15, -0.1) is 24.0 Å². The number of carbonyl (C=O) groups excluding carboxylic acids is 1. The van der Waals surface area contributed by atoms with Gasteiger partial charge in [0.1, 0.15) is 0 Å². The number of hydrogen-bond donors (Lipinski definition) is 3. The lowest BCUT2D eigenvalue weighted by Gasteiger charge is -2.24. The quantitative estimate of drug-likeness (QED) is 0.241. The maximum absolute atomic E-state index is 12.0. The van der Waals surface area contributed by atoms with E-state index in [0.717, 1.165) is 48.0 Å². The Bertz CT molecular complexity index is 1050. The summed E-state index contributed by atoms with van der Waals surface area (Å²) in [6.07, 6.45) is 5.25. The van der Waals surface area contributed by atoms with Crippen LogP contribution in [0, 0.1) is 0 Å². The number of amides is 1. The molecule has 1 aliphatic rings. The number of fused-ring (bicyclic) bond motifs is 1. The molecule has 2 aromatic carbocycles. The van der Waals surface area contributed by atoms with Gasteiger partial charge in [0.2, 0.25) is 5.91 Å². The maximum atomic E-state index is 12.0. The molecule has 4 rings (SSSR count). The number of nitrogens with zero attached hydrogens (tertiary/aromatic N) is 3. The fourth-order valence-electron chi connectivity index (χ4n) is 3.74. The highest BCUT2D eigenvalue weighted by molar-refractivity contribution is 14.0. The van der Waals surface area contributed by atoms with E-state index < -0.39 is 0 Å². The number of para-hydroxylation sites is 2. The zero-order chi connectivity index (χ0) is 21.5. The molecule has 0 aliphatic carbocycles. The van der Waals surface area contributed by atoms with Crippen LogP contribution in [0.5, 0.6) is 0 Å². The van der Waals surface area contributed by atoms with E-state index in [1.54, 1.807) is 0 Å². The first kappa shape index (κ1) is 23.8. The van der Waals surface area contributed by atoms with E-state index in [9.17, 15) is 4.79 Å². The minimum Gasteiger partial charge on any atom is -0.357 e. The lowest BCUT2D eigenvalue weighted by molar-refractivity contribution is -0.116. The third-order valence-electron chi connectivity index (χ3n) is 5.28. The van der Waals surface area contributed by atoms with Crippen molar-refractivity contribution >= 4 is 41.5 Å². The van der Waals surface area contributed by atoms with Gasteiger partial charge in [0.05, 0.1) is 18.4 Å². The van der Waals surface area contributed by atoms with Crippen LogP contribution in [-0.4, -0.2) is 41.3 Å². The van der Waals surface area contributed by atoms with E-state index in [1.165, 1.54) is 0 Å². The number of aliphatic imine (C=N–C) groups is 1. The fraction of sp³-hybridized carbons (Fsp3) is 0.292. The number of anilines is 1. The Morgan fingerprint density at radius 1 is 1.16 bits per heavy atom. The van der Waals surface area contributed by atoms with Crippen LogP contribution in [0.3, 0.4) is 0 Å². The molecule has 0 saturated heterocycles. The van der Waals surface area contributed by atoms with Gasteiger partial charge in [-0.1, -0.05) is 36.4 Å². The molecule has 1 unspecified atom stereocenters. The molecule has 1 aromatic heterocycles. The topological polar surface area (TPSA) is 83.3 Å². The molecule has 2 heterocycles. The highest BCUT2D eigenvalue weighted by Gasteiger charge is 2.24. The summed E-state index contributed by atoms with van der Waals surface area (Å²) in [6, 6.07) is 18.0. The van der Waals surface area contributed by atoms with Gasteiger partial charge in [-0.2, -0.15) is 5.10 Å². The number of hydrogen-bond acceptors (Lipinski definition) is 3. The first-order chi connectivity index (χ1) is 15.2. The molecule has 8 heteroatoms. The minimum atomic E-state index is 0. The monoisotopic (exact) mass is 544 g/mol. The second-order valence-electron chi connectivity index (χ2n) is 7.56. The van der Waals surface area contributed by atoms with Gasteiger partial charge in [0.25, 0.3) is 0 Å². The van der Waals surface area contributed by atoms with Crippen LogP contribution in [0.15, 0.2) is 72.0 Å². The van der Waals surface area contributed by atoms with Crippen LogP contribution in [0.25, 0.3) is 5.69 Å². The van der Waals surface area contributed by atoms with E-state index in [0.29, 0.717) is 13.0 Å². The van der Waals surface area contributed by atoms with Crippen LogP contribution in [0.1, 0.15) is 30.4 Å². The summed E-state index contributed by atoms with van der Waals surface area (Å²) in [7, 11) is 0. The number of halogens is 1. The normalized spacial score (nSPS) is 15.3. The van der Waals surface area contributed by atoms with Crippen molar-refractivity contribution in [2.75, 3.05) is 25.0 Å². The lowest BCUT2D eigenvalue weighted by atomic mass is 9.91. The molecular formula is C24H29IN6O. The SMILES string of the molecule is CCNC(=NCC1CC(=O)Nc2ccccc21)NCCc1cnn(-c2ccccc2)c1.I. The van der Waals surface area contributed by atoms with Crippen LogP contribution >= 0.6 is 24.0 Å². The Kier molecular flexibility index (Phi) is 8.66. The summed E-state index contributed by atoms with van der Waals surface area (Å²) in [5, 5.41) is 14.1. The molecule has 1 amide bonds. The van der Waals surface area contributed by atoms with Crippen LogP contribution in [0.4, 0.5) is 5.69 Å². The summed E-state index contributed by atoms with van der Waals surface area (Å²) in [5.74, 6) is 0.901. The number of rotatable bonds is 7. The summed E-state index contributed by atoms with van der Waals surface area (Å²) in [6.45, 7) is 4.13. The van der Waals surface area contributed by atoms with Crippen LogP contribution in [0.2, 0.25) is 0 Å². The Morgan fingerprint density at radius 2 is 1.94 bits per heavy atom. The molecular weight excluding hydrogens is 515 g/mol. The average molecular weight is 544 g/mol. The first-order valence-electron chi connectivity index (χ1n) is 10.7. The van der Waals surface area contributed by atoms with Crippen molar-refractivity contribution in [1.82, 2.24) is 20.4 Å². The van der Waals surface area contributed by atoms with Crippen molar-refractivity contribution < 1.29 is 4.79 Å². The predicted octanol–water partition coefficient (Wildman–Crippen LogP) is 3.71. The van der Waals surface area contributed by atoms with Crippen molar-refractivity contribution in [1.29, 1.82) is 0 Å². The zero-order valence-electron chi connectivity index (χ0n) is 18.1. The largest absolute Gasteiger partial charge is 0.357 e. The Labute approximate surface area is 205 Å². The van der Waals surface area contributed by atoms with Gasteiger partial charge in [-0.3, -0.25) is 9.79 Å². The van der Waals surface area contributed by atoms with Crippen molar-refractivity contribution in [3.8, 4) is 5.69 Å². The van der Waals surface area contributed by atoms with Gasteiger partial charge in [0.15, 0.2) is 5.96 Å². The lowest BCUT2D eigenvalue weighted by Crippen LogP contribution is -2.38. The molecule has 1 aliphatic heterocycles. The number of guanidine groups is 1. The van der Waals surface area contributed by atoms with E-state index in [2.05, 4.69) is 33.3 Å². The Hall–Kier alpha value is -2.88. The molecule has 0 radical (unpaired) electrons. The summed E-state index contributed by atoms with van der Waals surface area (Å²) in [4.78, 5) is 16.8. The van der Waals surface area contributed by atoms with Gasteiger partial charge in [-0.05, 0) is 42.7 Å². The molecule has 3 N–H and O–H groups in total. The highest BCUT2D eigenvalue weighted by atomic mass is 127. The predicted molar refractivity (Wildman–Crippen MR) is 139 cm³/mol. The molecule has 32 heavy (non-hydrogen) atoms. The van der Waals surface area contributed by atoms with Crippen LogP contribution in [-0.2, 0) is 11.2 Å². The third-order valence-corrected chi connectivity index (χ3v) is 5.28. The number of nitrogens with one attached hydrogen (secondary N) is 3. The van der Waals surface area contributed by atoms with E-state index in [-0.39, 0.29) is 35.8 Å². The van der Waals surface area contributed by atoms with Crippen molar-refractivity contribution in [2.45, 2.75) is 25.7 Å². The third kappa shape index (κ3) is 6.09. The Morgan fingerprint density at radius 3 is 2.75 bits per heavy atom. The second-order valence-corrected chi connectivity index (χ2v) is 7.56. The summed E-state index contributed by atoms with van der Waals surface area (Å²) < 4.78 is 1.89. The molecule has 0 fully saturated rings. The van der Waals surface area contributed by atoms with Gasteiger partial charge < -0.3 is 16.0 Å². The van der Waals surface area contributed by atoms with Gasteiger partial charge in [-0.25, -0.2) is 4.68 Å². The van der Waals surface area contributed by atoms with Gasteiger partial charge in [0, 0.05) is 37.3 Å². The van der Waals surface area contributed by atoms with Gasteiger partial charge >= 0.3 is 0 Å². The molecule has 0 saturated carbocycles. The molecule has 7 nitrogen and oxygen atoms in total. The maximum Gasteiger partial charge on any atom is 0.225 e. The van der Waals surface area contributed by atoms with E-state index in [4.69, 9.17) is 4.99 Å². The summed E-state index contributed by atoms with van der Waals surface area (Å²) in [5.41, 5.74) is 4.25. The van der Waals surface area contributed by atoms with E-state index in [1.807, 2.05) is 66.3 Å². The smallest absolute Gasteiger partial charge is 0.225 e. The van der Waals surface area contributed by atoms with Crippen molar-refractivity contribution in [3.63, 3.8) is 0 Å². The first-order valence-corrected chi connectivity index (χ1v) is 10.7. The number of carbonyl (C=O) groups is 1. The molecule has 168 valence electrons. The summed E-state index contributed by atoms with van der Waals surface area (Å²) >= 11 is 0. The van der Waals surface area contributed by atoms with E-state index >= 15 is 0 Å².